The predicted octanol–water partition coefficient (Wildman–Crippen LogP) is 2.89. The first-order valence-electron chi connectivity index (χ1n) is 8.39. The molecule has 120 valence electrons. The van der Waals surface area contributed by atoms with Crippen LogP contribution in [0.3, 0.4) is 0 Å². The van der Waals surface area contributed by atoms with Crippen molar-refractivity contribution in [3.05, 3.63) is 71.3 Å². The van der Waals surface area contributed by atoms with Crippen molar-refractivity contribution in [1.82, 2.24) is 4.90 Å². The van der Waals surface area contributed by atoms with Gasteiger partial charge in [0.1, 0.15) is 0 Å². The fourth-order valence-corrected chi connectivity index (χ4v) is 3.25. The van der Waals surface area contributed by atoms with Gasteiger partial charge in [0, 0.05) is 18.7 Å². The molecule has 0 saturated carbocycles. The Hall–Kier alpha value is -2.13. The van der Waals surface area contributed by atoms with Gasteiger partial charge in [0.05, 0.1) is 0 Å². The Morgan fingerprint density at radius 3 is 2.52 bits per heavy atom. The van der Waals surface area contributed by atoms with Gasteiger partial charge in [-0.3, -0.25) is 4.79 Å². The van der Waals surface area contributed by atoms with Crippen LogP contribution in [0.4, 0.5) is 0 Å². The van der Waals surface area contributed by atoms with E-state index in [0.29, 0.717) is 12.5 Å². The van der Waals surface area contributed by atoms with Crippen LogP contribution in [0.1, 0.15) is 27.9 Å². The monoisotopic (exact) mass is 308 g/mol. The molecular weight excluding hydrogens is 284 g/mol. The molecule has 23 heavy (non-hydrogen) atoms. The second-order valence-corrected chi connectivity index (χ2v) is 6.28. The van der Waals surface area contributed by atoms with Crippen LogP contribution in [0, 0.1) is 5.92 Å². The first kappa shape index (κ1) is 15.8. The molecule has 2 aromatic rings. The fourth-order valence-electron chi connectivity index (χ4n) is 3.25. The zero-order valence-corrected chi connectivity index (χ0v) is 13.4. The smallest absolute Gasteiger partial charge is 0.254 e. The lowest BCUT2D eigenvalue weighted by Gasteiger charge is -2.18. The van der Waals surface area contributed by atoms with E-state index in [0.717, 1.165) is 43.5 Å². The van der Waals surface area contributed by atoms with E-state index >= 15 is 0 Å². The number of hydrogen-bond acceptors (Lipinski definition) is 2. The summed E-state index contributed by atoms with van der Waals surface area (Å²) in [5.41, 5.74) is 9.03. The molecule has 0 aliphatic carbocycles. The van der Waals surface area contributed by atoms with Crippen molar-refractivity contribution < 1.29 is 4.79 Å². The molecule has 3 nitrogen and oxygen atoms in total. The van der Waals surface area contributed by atoms with Gasteiger partial charge < -0.3 is 10.6 Å². The molecule has 1 atom stereocenters. The number of nitrogens with zero attached hydrogens (tertiary/aromatic N) is 1. The summed E-state index contributed by atoms with van der Waals surface area (Å²) >= 11 is 0. The van der Waals surface area contributed by atoms with Crippen LogP contribution < -0.4 is 5.73 Å². The van der Waals surface area contributed by atoms with E-state index in [4.69, 9.17) is 5.73 Å². The minimum atomic E-state index is 0.157. The quantitative estimate of drug-likeness (QED) is 0.923. The summed E-state index contributed by atoms with van der Waals surface area (Å²) in [6.07, 6.45) is 2.87. The molecule has 1 fully saturated rings. The maximum absolute atomic E-state index is 12.8. The van der Waals surface area contributed by atoms with E-state index in [9.17, 15) is 4.79 Å². The highest BCUT2D eigenvalue weighted by Gasteiger charge is 2.26. The van der Waals surface area contributed by atoms with Crippen molar-refractivity contribution in [3.8, 4) is 0 Å². The Bertz CT molecular complexity index is 654. The second-order valence-electron chi connectivity index (χ2n) is 6.28. The van der Waals surface area contributed by atoms with Gasteiger partial charge in [-0.1, -0.05) is 48.5 Å². The summed E-state index contributed by atoms with van der Waals surface area (Å²) in [7, 11) is 0. The topological polar surface area (TPSA) is 46.3 Å². The van der Waals surface area contributed by atoms with E-state index in [1.165, 1.54) is 5.56 Å². The molecule has 2 aromatic carbocycles. The van der Waals surface area contributed by atoms with E-state index in [2.05, 4.69) is 30.3 Å². The molecule has 0 bridgehead atoms. The first-order valence-corrected chi connectivity index (χ1v) is 8.39. The van der Waals surface area contributed by atoms with E-state index in [-0.39, 0.29) is 5.91 Å². The zero-order chi connectivity index (χ0) is 16.1. The van der Waals surface area contributed by atoms with E-state index in [1.54, 1.807) is 0 Å². The standard InChI is InChI=1S/C20H24N2O/c21-14-17-12-13-22(15-17)20(23)19-9-5-4-8-18(19)11-10-16-6-2-1-3-7-16/h1-9,17H,10-15,21H2/t17-/m0/s1. The molecule has 0 radical (unpaired) electrons. The summed E-state index contributed by atoms with van der Waals surface area (Å²) < 4.78 is 0. The van der Waals surface area contributed by atoms with Gasteiger partial charge in [-0.15, -0.1) is 0 Å². The van der Waals surface area contributed by atoms with Gasteiger partial charge in [0.15, 0.2) is 0 Å². The molecule has 0 aromatic heterocycles. The molecule has 2 N–H and O–H groups in total. The van der Waals surface area contributed by atoms with Crippen LogP contribution in [0.5, 0.6) is 0 Å². The normalized spacial score (nSPS) is 17.4. The van der Waals surface area contributed by atoms with Gasteiger partial charge in [-0.05, 0) is 48.9 Å². The van der Waals surface area contributed by atoms with Crippen molar-refractivity contribution in [1.29, 1.82) is 0 Å². The van der Waals surface area contributed by atoms with Crippen molar-refractivity contribution in [2.75, 3.05) is 19.6 Å². The van der Waals surface area contributed by atoms with Crippen LogP contribution in [-0.2, 0) is 12.8 Å². The minimum Gasteiger partial charge on any atom is -0.338 e. The molecule has 3 heteroatoms. The third-order valence-electron chi connectivity index (χ3n) is 4.68. The number of benzene rings is 2. The van der Waals surface area contributed by atoms with Crippen molar-refractivity contribution in [2.24, 2.45) is 11.7 Å². The predicted molar refractivity (Wildman–Crippen MR) is 93.4 cm³/mol. The van der Waals surface area contributed by atoms with Crippen LogP contribution in [0.25, 0.3) is 0 Å². The molecule has 1 aliphatic rings. The van der Waals surface area contributed by atoms with E-state index < -0.39 is 0 Å². The summed E-state index contributed by atoms with van der Waals surface area (Å²) in [4.78, 5) is 14.8. The molecule has 1 amide bonds. The summed E-state index contributed by atoms with van der Waals surface area (Å²) in [5.74, 6) is 0.611. The second kappa shape index (κ2) is 7.42. The zero-order valence-electron chi connectivity index (χ0n) is 13.4. The Labute approximate surface area is 138 Å². The molecule has 3 rings (SSSR count). The maximum Gasteiger partial charge on any atom is 0.254 e. The van der Waals surface area contributed by atoms with Gasteiger partial charge in [0.2, 0.25) is 0 Å². The number of amides is 1. The van der Waals surface area contributed by atoms with Crippen LogP contribution in [-0.4, -0.2) is 30.4 Å². The van der Waals surface area contributed by atoms with Gasteiger partial charge in [0.25, 0.3) is 5.91 Å². The van der Waals surface area contributed by atoms with Crippen molar-refractivity contribution in [2.45, 2.75) is 19.3 Å². The Balaban J connectivity index is 1.71. The number of rotatable bonds is 5. The number of nitrogens with two attached hydrogens (primary N) is 1. The number of aryl methyl sites for hydroxylation is 2. The molecule has 1 aliphatic heterocycles. The van der Waals surface area contributed by atoms with Crippen molar-refractivity contribution in [3.63, 3.8) is 0 Å². The molecule has 0 unspecified atom stereocenters. The molecular formula is C20H24N2O. The Morgan fingerprint density at radius 1 is 1.04 bits per heavy atom. The lowest BCUT2D eigenvalue weighted by Crippen LogP contribution is -2.30. The fraction of sp³-hybridized carbons (Fsp3) is 0.350. The number of carbonyl (C=O) groups is 1. The minimum absolute atomic E-state index is 0.157. The summed E-state index contributed by atoms with van der Waals surface area (Å²) in [5, 5.41) is 0. The third kappa shape index (κ3) is 3.80. The summed E-state index contributed by atoms with van der Waals surface area (Å²) in [6.45, 7) is 2.29. The molecule has 1 saturated heterocycles. The average Bonchev–Trinajstić information content (AvgIpc) is 3.10. The Morgan fingerprint density at radius 2 is 1.78 bits per heavy atom. The first-order chi connectivity index (χ1) is 11.3. The molecule has 0 spiro atoms. The SMILES string of the molecule is NC[C@@H]1CCN(C(=O)c2ccccc2CCc2ccccc2)C1. The third-order valence-corrected chi connectivity index (χ3v) is 4.68. The largest absolute Gasteiger partial charge is 0.338 e. The van der Waals surface area contributed by atoms with Gasteiger partial charge >= 0.3 is 0 Å². The maximum atomic E-state index is 12.8. The van der Waals surface area contributed by atoms with Crippen LogP contribution in [0.15, 0.2) is 54.6 Å². The highest BCUT2D eigenvalue weighted by Crippen LogP contribution is 2.20. The van der Waals surface area contributed by atoms with Crippen molar-refractivity contribution >= 4 is 5.91 Å². The highest BCUT2D eigenvalue weighted by molar-refractivity contribution is 5.95. The average molecular weight is 308 g/mol. The van der Waals surface area contributed by atoms with Gasteiger partial charge in [-0.25, -0.2) is 0 Å². The number of hydrogen-bond donors (Lipinski definition) is 1. The Kier molecular flexibility index (Phi) is 5.09. The lowest BCUT2D eigenvalue weighted by atomic mass is 9.99. The number of likely N-dealkylation sites (tertiary alicyclic amines) is 1. The van der Waals surface area contributed by atoms with E-state index in [1.807, 2.05) is 29.2 Å². The summed E-state index contributed by atoms with van der Waals surface area (Å²) in [6, 6.07) is 18.4. The highest BCUT2D eigenvalue weighted by atomic mass is 16.2. The number of carbonyl (C=O) groups excluding carboxylic acids is 1. The van der Waals surface area contributed by atoms with Crippen LogP contribution in [0.2, 0.25) is 0 Å². The lowest BCUT2D eigenvalue weighted by molar-refractivity contribution is 0.0786. The van der Waals surface area contributed by atoms with Crippen LogP contribution >= 0.6 is 0 Å². The molecule has 1 heterocycles. The van der Waals surface area contributed by atoms with Gasteiger partial charge in [-0.2, -0.15) is 0 Å².